The van der Waals surface area contributed by atoms with Crippen molar-refractivity contribution in [3.8, 4) is 0 Å². The standard InChI is InChI=1S/C17H21NOS/c1-6-9-15-17(4,5)20-14-11-8-7-10-13(14)18(15)16(19)12(2)3/h6-8,10-11,15H,1-2,9H2,3-5H3. The number of carbonyl (C=O) groups is 1. The highest BCUT2D eigenvalue weighted by Gasteiger charge is 2.42. The molecule has 1 atom stereocenters. The minimum Gasteiger partial charge on any atom is -0.303 e. The zero-order valence-electron chi connectivity index (χ0n) is 12.3. The highest BCUT2D eigenvalue weighted by atomic mass is 32.2. The van der Waals surface area contributed by atoms with Crippen LogP contribution in [0.3, 0.4) is 0 Å². The number of hydrogen-bond acceptors (Lipinski definition) is 2. The molecule has 3 heteroatoms. The summed E-state index contributed by atoms with van der Waals surface area (Å²) in [6.07, 6.45) is 2.66. The third-order valence-corrected chi connectivity index (χ3v) is 4.95. The zero-order chi connectivity index (χ0) is 14.9. The van der Waals surface area contributed by atoms with Crippen LogP contribution in [0, 0.1) is 0 Å². The molecule has 0 aromatic heterocycles. The van der Waals surface area contributed by atoms with Gasteiger partial charge in [-0.05, 0) is 39.3 Å². The summed E-state index contributed by atoms with van der Waals surface area (Å²) in [7, 11) is 0. The summed E-state index contributed by atoms with van der Waals surface area (Å²) >= 11 is 1.82. The Hall–Kier alpha value is -1.48. The number of thioether (sulfide) groups is 1. The van der Waals surface area contributed by atoms with Gasteiger partial charge in [0.05, 0.1) is 11.7 Å². The van der Waals surface area contributed by atoms with E-state index in [2.05, 4.69) is 33.1 Å². The zero-order valence-corrected chi connectivity index (χ0v) is 13.2. The van der Waals surface area contributed by atoms with Gasteiger partial charge in [-0.1, -0.05) is 24.8 Å². The molecule has 0 bridgehead atoms. The molecule has 0 saturated carbocycles. The van der Waals surface area contributed by atoms with Gasteiger partial charge in [-0.2, -0.15) is 0 Å². The molecule has 0 aliphatic carbocycles. The molecule has 0 N–H and O–H groups in total. The van der Waals surface area contributed by atoms with Crippen molar-refractivity contribution in [1.82, 2.24) is 0 Å². The number of rotatable bonds is 3. The lowest BCUT2D eigenvalue weighted by Crippen LogP contribution is -2.53. The van der Waals surface area contributed by atoms with E-state index in [1.807, 2.05) is 40.9 Å². The van der Waals surface area contributed by atoms with Gasteiger partial charge in [0.25, 0.3) is 5.91 Å². The molecule has 1 aromatic carbocycles. The Morgan fingerprint density at radius 1 is 1.45 bits per heavy atom. The SMILES string of the molecule is C=CCC1N(C(=O)C(=C)C)c2ccccc2SC1(C)C. The van der Waals surface area contributed by atoms with Crippen LogP contribution in [0.5, 0.6) is 0 Å². The molecule has 2 rings (SSSR count). The van der Waals surface area contributed by atoms with E-state index in [4.69, 9.17) is 0 Å². The fourth-order valence-electron chi connectivity index (χ4n) is 2.58. The van der Waals surface area contributed by atoms with Crippen LogP contribution in [0.15, 0.2) is 54.0 Å². The normalized spacial score (nSPS) is 20.1. The van der Waals surface area contributed by atoms with Crippen LogP contribution >= 0.6 is 11.8 Å². The van der Waals surface area contributed by atoms with Gasteiger partial charge in [0.15, 0.2) is 0 Å². The van der Waals surface area contributed by atoms with Crippen LogP contribution in [0.1, 0.15) is 27.2 Å². The van der Waals surface area contributed by atoms with Crippen LogP contribution in [-0.2, 0) is 4.79 Å². The number of nitrogens with zero attached hydrogens (tertiary/aromatic N) is 1. The number of anilines is 1. The highest BCUT2D eigenvalue weighted by molar-refractivity contribution is 8.01. The number of para-hydroxylation sites is 1. The second-order valence-electron chi connectivity index (χ2n) is 5.67. The van der Waals surface area contributed by atoms with Crippen molar-refractivity contribution in [2.24, 2.45) is 0 Å². The molecular formula is C17H21NOS. The molecule has 106 valence electrons. The van der Waals surface area contributed by atoms with Crippen LogP contribution in [0.4, 0.5) is 5.69 Å². The quantitative estimate of drug-likeness (QED) is 0.605. The lowest BCUT2D eigenvalue weighted by molar-refractivity contribution is -0.115. The first kappa shape index (κ1) is 14.9. The van der Waals surface area contributed by atoms with Crippen LogP contribution in [0.2, 0.25) is 0 Å². The summed E-state index contributed by atoms with van der Waals surface area (Å²) in [4.78, 5) is 15.7. The molecule has 0 radical (unpaired) electrons. The molecule has 1 unspecified atom stereocenters. The molecule has 1 amide bonds. The largest absolute Gasteiger partial charge is 0.303 e. The lowest BCUT2D eigenvalue weighted by Gasteiger charge is -2.46. The van der Waals surface area contributed by atoms with E-state index in [-0.39, 0.29) is 16.7 Å². The van der Waals surface area contributed by atoms with Crippen molar-refractivity contribution in [2.45, 2.75) is 42.9 Å². The van der Waals surface area contributed by atoms with E-state index in [0.717, 1.165) is 17.0 Å². The molecule has 1 aromatic rings. The number of benzene rings is 1. The molecule has 0 spiro atoms. The van der Waals surface area contributed by atoms with Crippen molar-refractivity contribution in [1.29, 1.82) is 0 Å². The Bertz CT molecular complexity index is 562. The van der Waals surface area contributed by atoms with Gasteiger partial charge in [-0.25, -0.2) is 0 Å². The monoisotopic (exact) mass is 287 g/mol. The Balaban J connectivity index is 2.58. The van der Waals surface area contributed by atoms with Crippen LogP contribution in [0.25, 0.3) is 0 Å². The predicted molar refractivity (Wildman–Crippen MR) is 87.3 cm³/mol. The molecule has 2 nitrogen and oxygen atoms in total. The average Bonchev–Trinajstić information content (AvgIpc) is 2.38. The van der Waals surface area contributed by atoms with Gasteiger partial charge in [-0.15, -0.1) is 18.3 Å². The highest BCUT2D eigenvalue weighted by Crippen LogP contribution is 2.49. The molecule has 0 fully saturated rings. The summed E-state index contributed by atoms with van der Waals surface area (Å²) < 4.78 is -0.0619. The van der Waals surface area contributed by atoms with Gasteiger partial charge in [0, 0.05) is 15.2 Å². The van der Waals surface area contributed by atoms with Crippen molar-refractivity contribution < 1.29 is 4.79 Å². The third-order valence-electron chi connectivity index (χ3n) is 3.59. The minimum absolute atomic E-state index is 0.00215. The van der Waals surface area contributed by atoms with E-state index in [1.54, 1.807) is 6.92 Å². The van der Waals surface area contributed by atoms with Gasteiger partial charge in [0.1, 0.15) is 0 Å². The number of carbonyl (C=O) groups excluding carboxylic acids is 1. The van der Waals surface area contributed by atoms with Gasteiger partial charge < -0.3 is 4.90 Å². The van der Waals surface area contributed by atoms with Crippen LogP contribution < -0.4 is 4.90 Å². The summed E-state index contributed by atoms with van der Waals surface area (Å²) in [5, 5.41) is 0. The minimum atomic E-state index is -0.0619. The first-order chi connectivity index (χ1) is 9.38. The maximum Gasteiger partial charge on any atom is 0.253 e. The van der Waals surface area contributed by atoms with Crippen molar-refractivity contribution >= 4 is 23.4 Å². The number of hydrogen-bond donors (Lipinski definition) is 0. The summed E-state index contributed by atoms with van der Waals surface area (Å²) in [6, 6.07) is 8.16. The average molecular weight is 287 g/mol. The van der Waals surface area contributed by atoms with E-state index >= 15 is 0 Å². The number of amides is 1. The first-order valence-corrected chi connectivity index (χ1v) is 7.58. The second kappa shape index (κ2) is 5.49. The van der Waals surface area contributed by atoms with E-state index < -0.39 is 0 Å². The van der Waals surface area contributed by atoms with E-state index in [0.29, 0.717) is 5.57 Å². The maximum absolute atomic E-state index is 12.6. The smallest absolute Gasteiger partial charge is 0.253 e. The van der Waals surface area contributed by atoms with Gasteiger partial charge in [0.2, 0.25) is 0 Å². The topological polar surface area (TPSA) is 20.3 Å². The summed E-state index contributed by atoms with van der Waals surface area (Å²) in [5.74, 6) is -0.00215. The Morgan fingerprint density at radius 2 is 2.10 bits per heavy atom. The fraction of sp³-hybridized carbons (Fsp3) is 0.353. The molecule has 0 saturated heterocycles. The molecule has 20 heavy (non-hydrogen) atoms. The van der Waals surface area contributed by atoms with Crippen LogP contribution in [-0.4, -0.2) is 16.7 Å². The first-order valence-electron chi connectivity index (χ1n) is 6.76. The fourth-order valence-corrected chi connectivity index (χ4v) is 3.90. The Morgan fingerprint density at radius 3 is 2.70 bits per heavy atom. The lowest BCUT2D eigenvalue weighted by atomic mass is 9.95. The molecular weight excluding hydrogens is 266 g/mol. The van der Waals surface area contributed by atoms with E-state index in [1.165, 1.54) is 0 Å². The Labute approximate surface area is 125 Å². The van der Waals surface area contributed by atoms with E-state index in [9.17, 15) is 4.79 Å². The van der Waals surface area contributed by atoms with Crippen molar-refractivity contribution in [2.75, 3.05) is 4.90 Å². The third kappa shape index (κ3) is 2.55. The molecule has 1 aliphatic heterocycles. The summed E-state index contributed by atoms with van der Waals surface area (Å²) in [5.41, 5.74) is 1.55. The molecule has 1 heterocycles. The predicted octanol–water partition coefficient (Wildman–Crippen LogP) is 4.42. The van der Waals surface area contributed by atoms with Crippen molar-refractivity contribution in [3.63, 3.8) is 0 Å². The molecule has 1 aliphatic rings. The number of fused-ring (bicyclic) bond motifs is 1. The van der Waals surface area contributed by atoms with Crippen molar-refractivity contribution in [3.05, 3.63) is 49.1 Å². The second-order valence-corrected chi connectivity index (χ2v) is 7.37. The van der Waals surface area contributed by atoms with Gasteiger partial charge >= 0.3 is 0 Å². The maximum atomic E-state index is 12.6. The van der Waals surface area contributed by atoms with Gasteiger partial charge in [-0.3, -0.25) is 4.79 Å². The Kier molecular flexibility index (Phi) is 4.09. The summed E-state index contributed by atoms with van der Waals surface area (Å²) in [6.45, 7) is 13.8.